The Balaban J connectivity index is 1.78. The van der Waals surface area contributed by atoms with E-state index in [2.05, 4.69) is 38.4 Å². The summed E-state index contributed by atoms with van der Waals surface area (Å²) >= 11 is 6.65. The maximum absolute atomic E-state index is 11.9. The molecule has 0 bridgehead atoms. The maximum atomic E-state index is 11.9. The van der Waals surface area contributed by atoms with E-state index in [0.29, 0.717) is 0 Å². The lowest BCUT2D eigenvalue weighted by atomic mass is 10.2. The summed E-state index contributed by atoms with van der Waals surface area (Å²) in [5.74, 6) is 1.84. The van der Waals surface area contributed by atoms with Crippen LogP contribution in [0.3, 0.4) is 0 Å². The van der Waals surface area contributed by atoms with Crippen LogP contribution in [0.2, 0.25) is 0 Å². The third kappa shape index (κ3) is 4.85. The van der Waals surface area contributed by atoms with Gasteiger partial charge in [0.15, 0.2) is 5.17 Å². The molecule has 3 nitrogen and oxygen atoms in total. The first-order valence-corrected chi connectivity index (χ1v) is 8.82. The topological polar surface area (TPSA) is 41.5 Å². The Morgan fingerprint density at radius 2 is 2.26 bits per heavy atom. The van der Waals surface area contributed by atoms with Crippen LogP contribution in [0.25, 0.3) is 0 Å². The number of carbonyl (C=O) groups is 1. The second kappa shape index (κ2) is 7.36. The van der Waals surface area contributed by atoms with Gasteiger partial charge in [0.2, 0.25) is 5.91 Å². The summed E-state index contributed by atoms with van der Waals surface area (Å²) in [4.78, 5) is 16.2. The van der Waals surface area contributed by atoms with E-state index in [1.165, 1.54) is 5.56 Å². The number of halogens is 1. The standard InChI is InChI=1S/C13H15BrN2OS2/c1-9(12(17)16-13-15-6-7-18-13)19-8-10-2-4-11(14)5-3-10/h2-5,9H,6-8H2,1H3,(H,15,16,17). The van der Waals surface area contributed by atoms with E-state index in [9.17, 15) is 4.79 Å². The van der Waals surface area contributed by atoms with Crippen LogP contribution in [-0.2, 0) is 10.5 Å². The van der Waals surface area contributed by atoms with E-state index >= 15 is 0 Å². The van der Waals surface area contributed by atoms with Crippen molar-refractivity contribution in [1.29, 1.82) is 0 Å². The highest BCUT2D eigenvalue weighted by Crippen LogP contribution is 2.20. The first kappa shape index (κ1) is 14.9. The van der Waals surface area contributed by atoms with Gasteiger partial charge in [-0.1, -0.05) is 39.8 Å². The predicted octanol–water partition coefficient (Wildman–Crippen LogP) is 3.29. The number of amidine groups is 1. The number of aliphatic imine (C=N–C) groups is 1. The first-order chi connectivity index (χ1) is 9.15. The molecule has 102 valence electrons. The molecule has 0 aromatic heterocycles. The van der Waals surface area contributed by atoms with Crippen molar-refractivity contribution in [3.05, 3.63) is 34.3 Å². The van der Waals surface area contributed by atoms with Gasteiger partial charge in [-0.2, -0.15) is 0 Å². The van der Waals surface area contributed by atoms with Gasteiger partial charge in [0.05, 0.1) is 11.8 Å². The quantitative estimate of drug-likeness (QED) is 0.897. The summed E-state index contributed by atoms with van der Waals surface area (Å²) in [5.41, 5.74) is 1.22. The van der Waals surface area contributed by atoms with Crippen molar-refractivity contribution >= 4 is 50.5 Å². The summed E-state index contributed by atoms with van der Waals surface area (Å²) in [6, 6.07) is 8.17. The van der Waals surface area contributed by atoms with Crippen molar-refractivity contribution in [2.75, 3.05) is 12.3 Å². The molecule has 1 amide bonds. The van der Waals surface area contributed by atoms with Crippen molar-refractivity contribution in [3.8, 4) is 0 Å². The zero-order chi connectivity index (χ0) is 13.7. The van der Waals surface area contributed by atoms with Crippen molar-refractivity contribution < 1.29 is 4.79 Å². The Morgan fingerprint density at radius 1 is 1.53 bits per heavy atom. The smallest absolute Gasteiger partial charge is 0.238 e. The van der Waals surface area contributed by atoms with Crippen LogP contribution in [0.1, 0.15) is 12.5 Å². The van der Waals surface area contributed by atoms with Crippen molar-refractivity contribution in [2.45, 2.75) is 17.9 Å². The number of rotatable bonds is 4. The molecule has 1 aromatic carbocycles. The van der Waals surface area contributed by atoms with E-state index < -0.39 is 0 Å². The average Bonchev–Trinajstić information content (AvgIpc) is 2.90. The fourth-order valence-corrected chi connectivity index (χ4v) is 3.34. The predicted molar refractivity (Wildman–Crippen MR) is 87.8 cm³/mol. The third-order valence-electron chi connectivity index (χ3n) is 2.60. The van der Waals surface area contributed by atoms with Gasteiger partial charge in [0, 0.05) is 16.0 Å². The summed E-state index contributed by atoms with van der Waals surface area (Å²) < 4.78 is 1.07. The molecule has 1 atom stereocenters. The molecule has 0 radical (unpaired) electrons. The minimum absolute atomic E-state index is 0.0373. The third-order valence-corrected chi connectivity index (χ3v) is 5.23. The molecule has 1 heterocycles. The monoisotopic (exact) mass is 358 g/mol. The van der Waals surface area contributed by atoms with E-state index in [0.717, 1.165) is 27.7 Å². The lowest BCUT2D eigenvalue weighted by Gasteiger charge is -2.11. The maximum Gasteiger partial charge on any atom is 0.238 e. The number of carbonyl (C=O) groups excluding carboxylic acids is 1. The van der Waals surface area contributed by atoms with Crippen molar-refractivity contribution in [2.24, 2.45) is 4.99 Å². The molecule has 1 aliphatic heterocycles. The molecule has 19 heavy (non-hydrogen) atoms. The average molecular weight is 359 g/mol. The molecule has 6 heteroatoms. The highest BCUT2D eigenvalue weighted by Gasteiger charge is 2.17. The van der Waals surface area contributed by atoms with Crippen LogP contribution in [0.15, 0.2) is 33.7 Å². The van der Waals surface area contributed by atoms with Crippen molar-refractivity contribution in [3.63, 3.8) is 0 Å². The fourth-order valence-electron chi connectivity index (χ4n) is 1.50. The molecular weight excluding hydrogens is 344 g/mol. The second-order valence-electron chi connectivity index (χ2n) is 4.10. The number of amides is 1. The van der Waals surface area contributed by atoms with Crippen LogP contribution >= 0.6 is 39.5 Å². The lowest BCUT2D eigenvalue weighted by molar-refractivity contribution is -0.118. The van der Waals surface area contributed by atoms with E-state index in [1.54, 1.807) is 23.5 Å². The van der Waals surface area contributed by atoms with Gasteiger partial charge in [-0.25, -0.2) is 0 Å². The molecular formula is C13H15BrN2OS2. The Bertz CT molecular complexity index is 476. The fraction of sp³-hybridized carbons (Fsp3) is 0.385. The molecule has 1 unspecified atom stereocenters. The Labute approximate surface area is 130 Å². The number of hydrogen-bond donors (Lipinski definition) is 1. The molecule has 0 spiro atoms. The number of benzene rings is 1. The minimum atomic E-state index is -0.0763. The summed E-state index contributed by atoms with van der Waals surface area (Å²) in [7, 11) is 0. The molecule has 1 aliphatic rings. The highest BCUT2D eigenvalue weighted by molar-refractivity contribution is 9.10. The zero-order valence-electron chi connectivity index (χ0n) is 10.6. The Morgan fingerprint density at radius 3 is 2.89 bits per heavy atom. The SMILES string of the molecule is CC(SCc1ccc(Br)cc1)C(=O)NC1=NCCS1. The summed E-state index contributed by atoms with van der Waals surface area (Å²) in [6.07, 6.45) is 0. The van der Waals surface area contributed by atoms with Gasteiger partial charge in [0.1, 0.15) is 0 Å². The lowest BCUT2D eigenvalue weighted by Crippen LogP contribution is -2.33. The van der Waals surface area contributed by atoms with Crippen molar-refractivity contribution in [1.82, 2.24) is 5.32 Å². The van der Waals surface area contributed by atoms with E-state index in [1.807, 2.05) is 19.1 Å². The summed E-state index contributed by atoms with van der Waals surface area (Å²) in [6.45, 7) is 2.74. The minimum Gasteiger partial charge on any atom is -0.304 e. The molecule has 0 fully saturated rings. The number of thioether (sulfide) groups is 2. The molecule has 1 aromatic rings. The number of nitrogens with one attached hydrogen (secondary N) is 1. The summed E-state index contributed by atoms with van der Waals surface area (Å²) in [5, 5.41) is 3.56. The van der Waals surface area contributed by atoms with Gasteiger partial charge in [0.25, 0.3) is 0 Å². The second-order valence-corrected chi connectivity index (χ2v) is 7.43. The Kier molecular flexibility index (Phi) is 5.78. The van der Waals surface area contributed by atoms with Gasteiger partial charge < -0.3 is 5.32 Å². The van der Waals surface area contributed by atoms with Gasteiger partial charge >= 0.3 is 0 Å². The zero-order valence-corrected chi connectivity index (χ0v) is 13.8. The van der Waals surface area contributed by atoms with Crippen LogP contribution in [0, 0.1) is 0 Å². The van der Waals surface area contributed by atoms with Gasteiger partial charge in [-0.05, 0) is 24.6 Å². The number of nitrogens with zero attached hydrogens (tertiary/aromatic N) is 1. The largest absolute Gasteiger partial charge is 0.304 e. The molecule has 0 saturated carbocycles. The van der Waals surface area contributed by atoms with Crippen LogP contribution in [-0.4, -0.2) is 28.6 Å². The highest BCUT2D eigenvalue weighted by atomic mass is 79.9. The molecule has 0 aliphatic carbocycles. The van der Waals surface area contributed by atoms with E-state index in [-0.39, 0.29) is 11.2 Å². The van der Waals surface area contributed by atoms with Crippen LogP contribution in [0.5, 0.6) is 0 Å². The van der Waals surface area contributed by atoms with Crippen LogP contribution in [0.4, 0.5) is 0 Å². The molecule has 2 rings (SSSR count). The molecule has 0 saturated heterocycles. The van der Waals surface area contributed by atoms with Gasteiger partial charge in [-0.15, -0.1) is 11.8 Å². The van der Waals surface area contributed by atoms with Gasteiger partial charge in [-0.3, -0.25) is 9.79 Å². The molecule has 1 N–H and O–H groups in total. The van der Waals surface area contributed by atoms with E-state index in [4.69, 9.17) is 0 Å². The number of hydrogen-bond acceptors (Lipinski definition) is 4. The Hall–Kier alpha value is -0.460. The first-order valence-electron chi connectivity index (χ1n) is 5.99. The van der Waals surface area contributed by atoms with Crippen LogP contribution < -0.4 is 5.32 Å². The normalized spacial score (nSPS) is 16.0.